The number of aliphatic imine (C=N–C) groups is 1. The summed E-state index contributed by atoms with van der Waals surface area (Å²) >= 11 is 1.62. The van der Waals surface area contributed by atoms with Crippen LogP contribution in [0.25, 0.3) is 5.70 Å². The van der Waals surface area contributed by atoms with Crippen molar-refractivity contribution < 1.29 is 4.79 Å². The van der Waals surface area contributed by atoms with Crippen LogP contribution in [0.4, 0.5) is 5.95 Å². The van der Waals surface area contributed by atoms with Crippen LogP contribution in [0.3, 0.4) is 0 Å². The SMILES string of the molecule is CSC1=Nc2nc(C(=O)c3ccccc3)cn2C2=CC=CC21. The van der Waals surface area contributed by atoms with Gasteiger partial charge in [-0.1, -0.05) is 42.5 Å². The highest BCUT2D eigenvalue weighted by atomic mass is 32.2. The molecule has 1 unspecified atom stereocenters. The first-order valence-electron chi connectivity index (χ1n) is 6.98. The fourth-order valence-corrected chi connectivity index (χ4v) is 3.36. The molecule has 0 N–H and O–H groups in total. The first kappa shape index (κ1) is 13.3. The highest BCUT2D eigenvalue weighted by Gasteiger charge is 2.29. The highest BCUT2D eigenvalue weighted by molar-refractivity contribution is 8.13. The largest absolute Gasteiger partial charge is 0.287 e. The number of thioether (sulfide) groups is 1. The third-order valence-corrected chi connectivity index (χ3v) is 4.57. The lowest BCUT2D eigenvalue weighted by atomic mass is 10.1. The highest BCUT2D eigenvalue weighted by Crippen LogP contribution is 2.37. The molecule has 108 valence electrons. The van der Waals surface area contributed by atoms with Crippen LogP contribution in [0.2, 0.25) is 0 Å². The van der Waals surface area contributed by atoms with Crippen LogP contribution in [0.1, 0.15) is 16.1 Å². The van der Waals surface area contributed by atoms with Crippen molar-refractivity contribution in [2.45, 2.75) is 0 Å². The average Bonchev–Trinajstić information content (AvgIpc) is 3.20. The van der Waals surface area contributed by atoms with E-state index in [1.54, 1.807) is 30.1 Å². The first-order chi connectivity index (χ1) is 10.8. The number of rotatable bonds is 2. The Morgan fingerprint density at radius 2 is 2.09 bits per heavy atom. The molecule has 0 fully saturated rings. The zero-order valence-corrected chi connectivity index (χ0v) is 12.7. The lowest BCUT2D eigenvalue weighted by Gasteiger charge is -2.21. The number of fused-ring (bicyclic) bond motifs is 3. The van der Waals surface area contributed by atoms with Crippen molar-refractivity contribution in [3.8, 4) is 0 Å². The number of hydrogen-bond donors (Lipinski definition) is 0. The van der Waals surface area contributed by atoms with Gasteiger partial charge in [0.2, 0.25) is 11.7 Å². The molecule has 0 saturated carbocycles. The van der Waals surface area contributed by atoms with E-state index in [9.17, 15) is 4.79 Å². The molecule has 2 aromatic rings. The quantitative estimate of drug-likeness (QED) is 0.797. The minimum atomic E-state index is -0.0773. The molecule has 2 heterocycles. The van der Waals surface area contributed by atoms with Crippen LogP contribution in [0, 0.1) is 5.92 Å². The molecule has 22 heavy (non-hydrogen) atoms. The molecule has 0 radical (unpaired) electrons. The molecule has 2 aliphatic rings. The van der Waals surface area contributed by atoms with E-state index < -0.39 is 0 Å². The average molecular weight is 307 g/mol. The normalized spacial score (nSPS) is 18.5. The Labute approximate surface area is 132 Å². The van der Waals surface area contributed by atoms with Gasteiger partial charge in [-0.05, 0) is 12.3 Å². The molecule has 0 spiro atoms. The lowest BCUT2D eigenvalue weighted by molar-refractivity contribution is 0.103. The molecular weight excluding hydrogens is 294 g/mol. The minimum absolute atomic E-state index is 0.0773. The Hall–Kier alpha value is -2.40. The van der Waals surface area contributed by atoms with Gasteiger partial charge in [-0.25, -0.2) is 9.98 Å². The third kappa shape index (κ3) is 1.97. The zero-order chi connectivity index (χ0) is 15.1. The molecule has 1 atom stereocenters. The fourth-order valence-electron chi connectivity index (χ4n) is 2.73. The Balaban J connectivity index is 1.79. The Bertz CT molecular complexity index is 846. The smallest absolute Gasteiger partial charge is 0.235 e. The number of carbonyl (C=O) groups excluding carboxylic acids is 1. The summed E-state index contributed by atoms with van der Waals surface area (Å²) in [6.45, 7) is 0. The molecular formula is C17H13N3OS. The van der Waals surface area contributed by atoms with E-state index in [1.807, 2.05) is 35.1 Å². The molecule has 4 rings (SSSR count). The van der Waals surface area contributed by atoms with E-state index in [-0.39, 0.29) is 11.7 Å². The van der Waals surface area contributed by atoms with E-state index in [1.165, 1.54) is 0 Å². The standard InChI is InChI=1S/C17H13N3OS/c1-22-16-12-8-5-9-14(12)20-10-13(18-17(20)19-16)15(21)11-6-3-2-4-7-11/h2-10,12H,1H3. The molecule has 0 bridgehead atoms. The summed E-state index contributed by atoms with van der Waals surface area (Å²) in [5, 5.41) is 1.01. The summed E-state index contributed by atoms with van der Waals surface area (Å²) in [6, 6.07) is 9.20. The van der Waals surface area contributed by atoms with Crippen molar-refractivity contribution in [2.75, 3.05) is 6.26 Å². The van der Waals surface area contributed by atoms with Crippen LogP contribution < -0.4 is 0 Å². The Morgan fingerprint density at radius 3 is 2.86 bits per heavy atom. The molecule has 1 aliphatic carbocycles. The molecule has 0 saturated heterocycles. The van der Waals surface area contributed by atoms with Crippen molar-refractivity contribution in [3.63, 3.8) is 0 Å². The van der Waals surface area contributed by atoms with Gasteiger partial charge in [0.25, 0.3) is 0 Å². The minimum Gasteiger partial charge on any atom is -0.287 e. The molecule has 1 aliphatic heterocycles. The van der Waals surface area contributed by atoms with Crippen LogP contribution >= 0.6 is 11.8 Å². The number of allylic oxidation sites excluding steroid dienone is 4. The van der Waals surface area contributed by atoms with Crippen molar-refractivity contribution in [1.29, 1.82) is 0 Å². The van der Waals surface area contributed by atoms with E-state index in [4.69, 9.17) is 0 Å². The summed E-state index contributed by atoms with van der Waals surface area (Å²) in [5.74, 6) is 0.678. The Morgan fingerprint density at radius 1 is 1.27 bits per heavy atom. The molecule has 0 amide bonds. The molecule has 1 aromatic heterocycles. The first-order valence-corrected chi connectivity index (χ1v) is 8.21. The van der Waals surface area contributed by atoms with Crippen LogP contribution in [-0.2, 0) is 0 Å². The number of aromatic nitrogens is 2. The molecule has 4 nitrogen and oxygen atoms in total. The maximum atomic E-state index is 12.5. The second-order valence-electron chi connectivity index (χ2n) is 5.10. The molecule has 5 heteroatoms. The van der Waals surface area contributed by atoms with Crippen LogP contribution in [0.5, 0.6) is 0 Å². The summed E-state index contributed by atoms with van der Waals surface area (Å²) in [7, 11) is 0. The number of benzene rings is 1. The van der Waals surface area contributed by atoms with Crippen LogP contribution in [-0.4, -0.2) is 26.6 Å². The third-order valence-electron chi connectivity index (χ3n) is 3.81. The van der Waals surface area contributed by atoms with Gasteiger partial charge in [0.1, 0.15) is 5.69 Å². The van der Waals surface area contributed by atoms with Crippen molar-refractivity contribution >= 4 is 34.2 Å². The number of ketones is 1. The summed E-state index contributed by atoms with van der Waals surface area (Å²) in [5.41, 5.74) is 2.18. The van der Waals surface area contributed by atoms with Gasteiger partial charge in [0.15, 0.2) is 0 Å². The molecule has 1 aromatic carbocycles. The van der Waals surface area contributed by atoms with Gasteiger partial charge >= 0.3 is 0 Å². The van der Waals surface area contributed by atoms with Gasteiger partial charge in [-0.3, -0.25) is 9.36 Å². The topological polar surface area (TPSA) is 47.2 Å². The summed E-state index contributed by atoms with van der Waals surface area (Å²) in [6.07, 6.45) is 10.00. The van der Waals surface area contributed by atoms with E-state index in [0.29, 0.717) is 17.2 Å². The van der Waals surface area contributed by atoms with Gasteiger partial charge in [0.05, 0.1) is 11.0 Å². The van der Waals surface area contributed by atoms with Crippen molar-refractivity contribution in [3.05, 3.63) is 66.0 Å². The predicted molar refractivity (Wildman–Crippen MR) is 89.6 cm³/mol. The lowest BCUT2D eigenvalue weighted by Crippen LogP contribution is -2.16. The second-order valence-corrected chi connectivity index (χ2v) is 5.93. The maximum Gasteiger partial charge on any atom is 0.235 e. The van der Waals surface area contributed by atoms with E-state index >= 15 is 0 Å². The van der Waals surface area contributed by atoms with E-state index in [2.05, 4.69) is 22.1 Å². The van der Waals surface area contributed by atoms with Crippen molar-refractivity contribution in [2.24, 2.45) is 10.9 Å². The van der Waals surface area contributed by atoms with Gasteiger partial charge in [-0.15, -0.1) is 11.8 Å². The van der Waals surface area contributed by atoms with Gasteiger partial charge in [-0.2, -0.15) is 0 Å². The fraction of sp³-hybridized carbons (Fsp3) is 0.118. The number of hydrogen-bond acceptors (Lipinski definition) is 4. The summed E-state index contributed by atoms with van der Waals surface area (Å²) < 4.78 is 1.92. The maximum absolute atomic E-state index is 12.5. The predicted octanol–water partition coefficient (Wildman–Crippen LogP) is 3.55. The van der Waals surface area contributed by atoms with Crippen molar-refractivity contribution in [1.82, 2.24) is 9.55 Å². The number of imidazole rings is 1. The van der Waals surface area contributed by atoms with E-state index in [0.717, 1.165) is 10.7 Å². The monoisotopic (exact) mass is 307 g/mol. The summed E-state index contributed by atoms with van der Waals surface area (Å²) in [4.78, 5) is 21.6. The zero-order valence-electron chi connectivity index (χ0n) is 11.9. The van der Waals surface area contributed by atoms with Gasteiger partial charge < -0.3 is 0 Å². The number of carbonyl (C=O) groups is 1. The van der Waals surface area contributed by atoms with Gasteiger partial charge in [0, 0.05) is 17.5 Å². The van der Waals surface area contributed by atoms with Crippen LogP contribution in [0.15, 0.2) is 59.7 Å². The Kier molecular flexibility index (Phi) is 3.08. The number of nitrogens with zero attached hydrogens (tertiary/aromatic N) is 3. The second kappa shape index (κ2) is 5.10.